The fraction of sp³-hybridized carbons (Fsp3) is 0.286. The molecule has 1 aromatic heterocycles. The van der Waals surface area contributed by atoms with Crippen LogP contribution in [0.4, 0.5) is 0 Å². The number of amides is 1. The number of carbonyl (C=O) groups is 1. The van der Waals surface area contributed by atoms with E-state index in [4.69, 9.17) is 0 Å². The molecule has 0 spiro atoms. The van der Waals surface area contributed by atoms with Crippen molar-refractivity contribution in [2.75, 3.05) is 20.6 Å². The van der Waals surface area contributed by atoms with Crippen LogP contribution in [-0.2, 0) is 4.79 Å². The molecule has 0 saturated heterocycles. The fourth-order valence-electron chi connectivity index (χ4n) is 1.68. The molecule has 0 radical (unpaired) electrons. The molecule has 0 fully saturated rings. The van der Waals surface area contributed by atoms with E-state index in [1.165, 1.54) is 10.1 Å². The second kappa shape index (κ2) is 5.95. The molecule has 1 heterocycles. The van der Waals surface area contributed by atoms with Crippen molar-refractivity contribution in [1.82, 2.24) is 10.3 Å². The van der Waals surface area contributed by atoms with Crippen LogP contribution in [0.15, 0.2) is 35.4 Å². The van der Waals surface area contributed by atoms with Gasteiger partial charge in [-0.2, -0.15) is 5.10 Å². The van der Waals surface area contributed by atoms with Crippen LogP contribution in [-0.4, -0.2) is 37.2 Å². The Morgan fingerprint density at radius 3 is 2.79 bits per heavy atom. The monoisotopic (exact) mass is 275 g/mol. The highest BCUT2D eigenvalue weighted by molar-refractivity contribution is 7.20. The number of nitrogens with one attached hydrogen (secondary N) is 1. The molecule has 4 nitrogen and oxygen atoms in total. The number of hydrazone groups is 1. The van der Waals surface area contributed by atoms with Gasteiger partial charge in [0.1, 0.15) is 0 Å². The normalized spacial score (nSPS) is 12.1. The second-order valence-electron chi connectivity index (χ2n) is 4.62. The Balaban J connectivity index is 2.10. The van der Waals surface area contributed by atoms with Gasteiger partial charge in [-0.3, -0.25) is 4.79 Å². The number of hydrogen-bond acceptors (Lipinski definition) is 4. The summed E-state index contributed by atoms with van der Waals surface area (Å²) < 4.78 is 1.23. The van der Waals surface area contributed by atoms with Gasteiger partial charge in [0.05, 0.1) is 17.1 Å². The lowest BCUT2D eigenvalue weighted by Crippen LogP contribution is -2.30. The standard InChI is InChI=1S/C14H17N3OS/c1-10(15-16-14(18)9-17(2)3)13-8-11-6-4-5-7-12(11)19-13/h4-8H,9H2,1-3H3,(H,16,18). The van der Waals surface area contributed by atoms with Crippen molar-refractivity contribution < 1.29 is 4.79 Å². The Hall–Kier alpha value is -1.72. The maximum absolute atomic E-state index is 11.5. The van der Waals surface area contributed by atoms with Crippen LogP contribution in [0.1, 0.15) is 11.8 Å². The molecular formula is C14H17N3OS. The molecular weight excluding hydrogens is 258 g/mol. The second-order valence-corrected chi connectivity index (χ2v) is 5.70. The highest BCUT2D eigenvalue weighted by atomic mass is 32.1. The van der Waals surface area contributed by atoms with E-state index in [2.05, 4.69) is 28.7 Å². The van der Waals surface area contributed by atoms with Crippen LogP contribution in [0.3, 0.4) is 0 Å². The average molecular weight is 275 g/mol. The van der Waals surface area contributed by atoms with Gasteiger partial charge in [-0.25, -0.2) is 5.43 Å². The number of nitrogens with zero attached hydrogens (tertiary/aromatic N) is 2. The molecule has 2 aromatic rings. The summed E-state index contributed by atoms with van der Waals surface area (Å²) in [5, 5.41) is 5.35. The summed E-state index contributed by atoms with van der Waals surface area (Å²) in [6, 6.07) is 10.3. The summed E-state index contributed by atoms with van der Waals surface area (Å²) in [5.41, 5.74) is 3.40. The van der Waals surface area contributed by atoms with Gasteiger partial charge in [-0.05, 0) is 38.5 Å². The number of hydrogen-bond donors (Lipinski definition) is 1. The molecule has 0 saturated carbocycles. The van der Waals surface area contributed by atoms with E-state index in [0.717, 1.165) is 10.6 Å². The predicted octanol–water partition coefficient (Wildman–Crippen LogP) is 2.30. The minimum atomic E-state index is -0.106. The van der Waals surface area contributed by atoms with Gasteiger partial charge in [0.15, 0.2) is 0 Å². The number of benzene rings is 1. The van der Waals surface area contributed by atoms with Crippen molar-refractivity contribution in [1.29, 1.82) is 0 Å². The third-order valence-electron chi connectivity index (χ3n) is 2.59. The first kappa shape index (κ1) is 13.7. The summed E-state index contributed by atoms with van der Waals surface area (Å²) in [4.78, 5) is 14.4. The molecule has 0 atom stereocenters. The van der Waals surface area contributed by atoms with Crippen LogP contribution >= 0.6 is 11.3 Å². The Kier molecular flexibility index (Phi) is 4.29. The molecule has 19 heavy (non-hydrogen) atoms. The van der Waals surface area contributed by atoms with Gasteiger partial charge in [-0.15, -0.1) is 11.3 Å². The minimum absolute atomic E-state index is 0.106. The molecule has 0 unspecified atom stereocenters. The quantitative estimate of drug-likeness (QED) is 0.687. The Bertz CT molecular complexity index is 583. The van der Waals surface area contributed by atoms with Crippen LogP contribution in [0.2, 0.25) is 0 Å². The van der Waals surface area contributed by atoms with Crippen LogP contribution in [0.5, 0.6) is 0 Å². The van der Waals surface area contributed by atoms with Gasteiger partial charge >= 0.3 is 0 Å². The van der Waals surface area contributed by atoms with Crippen molar-refractivity contribution in [3.8, 4) is 0 Å². The van der Waals surface area contributed by atoms with Gasteiger partial charge < -0.3 is 4.90 Å². The average Bonchev–Trinajstić information content (AvgIpc) is 2.78. The highest BCUT2D eigenvalue weighted by Gasteiger charge is 2.05. The Labute approximate surface area is 116 Å². The number of rotatable bonds is 4. The summed E-state index contributed by atoms with van der Waals surface area (Å²) in [7, 11) is 3.70. The minimum Gasteiger partial charge on any atom is -0.301 e. The lowest BCUT2D eigenvalue weighted by atomic mass is 10.2. The Morgan fingerprint density at radius 2 is 2.11 bits per heavy atom. The predicted molar refractivity (Wildman–Crippen MR) is 80.7 cm³/mol. The van der Waals surface area contributed by atoms with Gasteiger partial charge in [-0.1, -0.05) is 18.2 Å². The summed E-state index contributed by atoms with van der Waals surface area (Å²) in [6.45, 7) is 2.24. The third-order valence-corrected chi connectivity index (χ3v) is 3.82. The molecule has 0 aliphatic heterocycles. The van der Waals surface area contributed by atoms with E-state index in [1.54, 1.807) is 16.2 Å². The Morgan fingerprint density at radius 1 is 1.37 bits per heavy atom. The number of carbonyl (C=O) groups excluding carboxylic acids is 1. The molecule has 0 aliphatic rings. The molecule has 2 rings (SSSR count). The maximum atomic E-state index is 11.5. The van der Waals surface area contributed by atoms with Crippen molar-refractivity contribution in [2.45, 2.75) is 6.92 Å². The van der Waals surface area contributed by atoms with Crippen LogP contribution < -0.4 is 5.43 Å². The third kappa shape index (κ3) is 3.62. The van der Waals surface area contributed by atoms with E-state index >= 15 is 0 Å². The largest absolute Gasteiger partial charge is 0.301 e. The zero-order valence-electron chi connectivity index (χ0n) is 11.3. The lowest BCUT2D eigenvalue weighted by Gasteiger charge is -2.07. The SMILES string of the molecule is CC(=NNC(=O)CN(C)C)c1cc2ccccc2s1. The summed E-state index contributed by atoms with van der Waals surface area (Å²) >= 11 is 1.68. The molecule has 0 aliphatic carbocycles. The van der Waals surface area contributed by atoms with Gasteiger partial charge in [0.2, 0.25) is 0 Å². The molecule has 100 valence electrons. The molecule has 1 N–H and O–H groups in total. The van der Waals surface area contributed by atoms with Gasteiger partial charge in [0, 0.05) is 4.70 Å². The molecule has 0 bridgehead atoms. The zero-order valence-corrected chi connectivity index (χ0v) is 12.1. The topological polar surface area (TPSA) is 44.7 Å². The first-order valence-electron chi connectivity index (χ1n) is 6.03. The number of likely N-dealkylation sites (N-methyl/N-ethyl adjacent to an activating group) is 1. The smallest absolute Gasteiger partial charge is 0.254 e. The van der Waals surface area contributed by atoms with Crippen LogP contribution in [0, 0.1) is 0 Å². The highest BCUT2D eigenvalue weighted by Crippen LogP contribution is 2.25. The lowest BCUT2D eigenvalue weighted by molar-refractivity contribution is -0.121. The maximum Gasteiger partial charge on any atom is 0.254 e. The van der Waals surface area contributed by atoms with Crippen molar-refractivity contribution >= 4 is 33.0 Å². The molecule has 1 amide bonds. The first-order chi connectivity index (χ1) is 9.06. The fourth-order valence-corrected chi connectivity index (χ4v) is 2.69. The first-order valence-corrected chi connectivity index (χ1v) is 6.84. The van der Waals surface area contributed by atoms with Gasteiger partial charge in [0.25, 0.3) is 5.91 Å². The van der Waals surface area contributed by atoms with Crippen LogP contribution in [0.25, 0.3) is 10.1 Å². The van der Waals surface area contributed by atoms with E-state index in [1.807, 2.05) is 33.2 Å². The van der Waals surface area contributed by atoms with E-state index < -0.39 is 0 Å². The zero-order chi connectivity index (χ0) is 13.8. The van der Waals surface area contributed by atoms with Crippen molar-refractivity contribution in [3.63, 3.8) is 0 Å². The number of thiophene rings is 1. The number of fused-ring (bicyclic) bond motifs is 1. The summed E-state index contributed by atoms with van der Waals surface area (Å²) in [6.07, 6.45) is 0. The molecule has 1 aromatic carbocycles. The van der Waals surface area contributed by atoms with Crippen molar-refractivity contribution in [2.24, 2.45) is 5.10 Å². The van der Waals surface area contributed by atoms with E-state index in [0.29, 0.717) is 6.54 Å². The van der Waals surface area contributed by atoms with Crippen molar-refractivity contribution in [3.05, 3.63) is 35.2 Å². The van der Waals surface area contributed by atoms with E-state index in [-0.39, 0.29) is 5.91 Å². The van der Waals surface area contributed by atoms with E-state index in [9.17, 15) is 4.79 Å². The molecule has 5 heteroatoms. The summed E-state index contributed by atoms with van der Waals surface area (Å²) in [5.74, 6) is -0.106.